The van der Waals surface area contributed by atoms with Crippen LogP contribution < -0.4 is 4.90 Å². The number of hydrogen-bond donors (Lipinski definition) is 0. The highest BCUT2D eigenvalue weighted by molar-refractivity contribution is 5.93. The molecule has 1 atom stereocenters. The summed E-state index contributed by atoms with van der Waals surface area (Å²) in [6, 6.07) is 2.09. The monoisotopic (exact) mass is 219 g/mol. The lowest BCUT2D eigenvalue weighted by molar-refractivity contribution is -0.121. The number of hydrogen-bond acceptors (Lipinski definition) is 2. The van der Waals surface area contributed by atoms with Crippen molar-refractivity contribution in [2.75, 3.05) is 11.9 Å². The van der Waals surface area contributed by atoms with Crippen LogP contribution in [0.4, 0.5) is 5.82 Å². The lowest BCUT2D eigenvalue weighted by atomic mass is 10.1. The molecule has 1 fully saturated rings. The normalized spacial score (nSPS) is 25.5. The predicted molar refractivity (Wildman–Crippen MR) is 61.4 cm³/mol. The average Bonchev–Trinajstić information content (AvgIpc) is 3.05. The number of nitrogens with zero attached hydrogens (tertiary/aromatic N) is 3. The fraction of sp³-hybridized carbons (Fsp3) is 0.667. The van der Waals surface area contributed by atoms with Crippen LogP contribution >= 0.6 is 0 Å². The maximum absolute atomic E-state index is 12.0. The Morgan fingerprint density at radius 3 is 2.81 bits per heavy atom. The second-order valence-electron chi connectivity index (χ2n) is 5.01. The van der Waals surface area contributed by atoms with Crippen LogP contribution in [0, 0.1) is 5.92 Å². The Kier molecular flexibility index (Phi) is 2.06. The van der Waals surface area contributed by atoms with Gasteiger partial charge in [-0.25, -0.2) is 4.68 Å². The minimum absolute atomic E-state index is 0.107. The van der Waals surface area contributed by atoms with Crippen LogP contribution in [0.25, 0.3) is 0 Å². The third-order valence-corrected chi connectivity index (χ3v) is 3.64. The molecule has 1 unspecified atom stereocenters. The molecule has 4 heteroatoms. The molecule has 16 heavy (non-hydrogen) atoms. The van der Waals surface area contributed by atoms with Crippen LogP contribution in [0.3, 0.4) is 0 Å². The van der Waals surface area contributed by atoms with Gasteiger partial charge in [-0.15, -0.1) is 0 Å². The van der Waals surface area contributed by atoms with Gasteiger partial charge in [0, 0.05) is 31.5 Å². The number of fused-ring (bicyclic) bond motifs is 1. The van der Waals surface area contributed by atoms with Crippen molar-refractivity contribution < 1.29 is 4.79 Å². The van der Waals surface area contributed by atoms with Crippen molar-refractivity contribution in [2.24, 2.45) is 5.92 Å². The maximum Gasteiger partial charge on any atom is 0.230 e. The Morgan fingerprint density at radius 1 is 1.38 bits per heavy atom. The molecule has 0 N–H and O–H groups in total. The molecule has 0 aromatic carbocycles. The van der Waals surface area contributed by atoms with Gasteiger partial charge in [-0.05, 0) is 19.3 Å². The second kappa shape index (κ2) is 3.34. The topological polar surface area (TPSA) is 38.1 Å². The van der Waals surface area contributed by atoms with Crippen LogP contribution in [0.1, 0.15) is 37.8 Å². The highest BCUT2D eigenvalue weighted by Crippen LogP contribution is 2.40. The molecule has 2 heterocycles. The maximum atomic E-state index is 12.0. The van der Waals surface area contributed by atoms with E-state index >= 15 is 0 Å². The van der Waals surface area contributed by atoms with E-state index in [0.717, 1.165) is 18.8 Å². The van der Waals surface area contributed by atoms with E-state index < -0.39 is 0 Å². The number of rotatable bonds is 1. The molecule has 0 radical (unpaired) electrons. The lowest BCUT2D eigenvalue weighted by Crippen LogP contribution is -2.30. The number of amides is 1. The summed E-state index contributed by atoms with van der Waals surface area (Å²) in [5, 5.41) is 4.61. The zero-order valence-corrected chi connectivity index (χ0v) is 9.81. The van der Waals surface area contributed by atoms with E-state index in [1.807, 2.05) is 18.7 Å². The summed E-state index contributed by atoms with van der Waals surface area (Å²) < 4.78 is 2.00. The van der Waals surface area contributed by atoms with Gasteiger partial charge in [-0.1, -0.05) is 6.92 Å². The summed E-state index contributed by atoms with van der Waals surface area (Å²) in [6.07, 6.45) is 3.40. The molecule has 1 aliphatic carbocycles. The molecule has 1 amide bonds. The lowest BCUT2D eigenvalue weighted by Gasteiger charge is -2.16. The van der Waals surface area contributed by atoms with Crippen molar-refractivity contribution in [1.82, 2.24) is 9.78 Å². The summed E-state index contributed by atoms with van der Waals surface area (Å²) in [4.78, 5) is 13.7. The van der Waals surface area contributed by atoms with Gasteiger partial charge in [0.05, 0.1) is 5.69 Å². The molecular formula is C12H17N3O. The molecule has 0 spiro atoms. The van der Waals surface area contributed by atoms with Gasteiger partial charge in [-0.2, -0.15) is 5.10 Å². The van der Waals surface area contributed by atoms with Crippen LogP contribution in [0.5, 0.6) is 0 Å². The number of aryl methyl sites for hydroxylation is 1. The first-order valence-electron chi connectivity index (χ1n) is 6.02. The van der Waals surface area contributed by atoms with Gasteiger partial charge in [0.25, 0.3) is 0 Å². The van der Waals surface area contributed by atoms with E-state index in [2.05, 4.69) is 11.2 Å². The number of carbonyl (C=O) groups is 1. The standard InChI is InChI=1S/C12H17N3O/c1-8-5-6-15-11(14(2)12(8)16)7-10(13-15)9-3-4-9/h7-9H,3-6H2,1-2H3. The van der Waals surface area contributed by atoms with Gasteiger partial charge in [0.15, 0.2) is 0 Å². The molecule has 4 nitrogen and oxygen atoms in total. The molecule has 3 rings (SSSR count). The molecular weight excluding hydrogens is 202 g/mol. The van der Waals surface area contributed by atoms with Gasteiger partial charge >= 0.3 is 0 Å². The highest BCUT2D eigenvalue weighted by Gasteiger charge is 2.31. The molecule has 1 aliphatic heterocycles. The third kappa shape index (κ3) is 1.44. The van der Waals surface area contributed by atoms with E-state index in [9.17, 15) is 4.79 Å². The summed E-state index contributed by atoms with van der Waals surface area (Å²) in [5.41, 5.74) is 1.17. The molecule has 86 valence electrons. The van der Waals surface area contributed by atoms with E-state index in [0.29, 0.717) is 5.92 Å². The number of anilines is 1. The van der Waals surface area contributed by atoms with Crippen molar-refractivity contribution in [3.05, 3.63) is 11.8 Å². The van der Waals surface area contributed by atoms with E-state index in [-0.39, 0.29) is 11.8 Å². The quantitative estimate of drug-likeness (QED) is 0.722. The van der Waals surface area contributed by atoms with Gasteiger partial charge in [0.2, 0.25) is 5.91 Å². The second-order valence-corrected chi connectivity index (χ2v) is 5.01. The van der Waals surface area contributed by atoms with Crippen molar-refractivity contribution in [3.63, 3.8) is 0 Å². The molecule has 2 aliphatic rings. The Bertz CT molecular complexity index is 433. The smallest absolute Gasteiger partial charge is 0.230 e. The first-order valence-corrected chi connectivity index (χ1v) is 6.02. The third-order valence-electron chi connectivity index (χ3n) is 3.64. The minimum Gasteiger partial charge on any atom is -0.300 e. The van der Waals surface area contributed by atoms with Crippen molar-refractivity contribution in [1.29, 1.82) is 0 Å². The first-order chi connectivity index (χ1) is 7.66. The number of aromatic nitrogens is 2. The SMILES string of the molecule is CC1CCn2nc(C3CC3)cc2N(C)C1=O. The minimum atomic E-state index is 0.107. The van der Waals surface area contributed by atoms with E-state index in [4.69, 9.17) is 0 Å². The van der Waals surface area contributed by atoms with Crippen molar-refractivity contribution >= 4 is 11.7 Å². The molecule has 1 aromatic heterocycles. The Hall–Kier alpha value is -1.32. The molecule has 0 bridgehead atoms. The van der Waals surface area contributed by atoms with Gasteiger partial charge in [-0.3, -0.25) is 9.69 Å². The Morgan fingerprint density at radius 2 is 2.12 bits per heavy atom. The average molecular weight is 219 g/mol. The largest absolute Gasteiger partial charge is 0.300 e. The predicted octanol–water partition coefficient (Wildman–Crippen LogP) is 1.76. The summed E-state index contributed by atoms with van der Waals surface area (Å²) in [6.45, 7) is 2.85. The van der Waals surface area contributed by atoms with E-state index in [1.54, 1.807) is 4.90 Å². The van der Waals surface area contributed by atoms with Gasteiger partial charge < -0.3 is 0 Å². The summed E-state index contributed by atoms with van der Waals surface area (Å²) >= 11 is 0. The van der Waals surface area contributed by atoms with Crippen LogP contribution in [-0.4, -0.2) is 22.7 Å². The zero-order valence-electron chi connectivity index (χ0n) is 9.81. The summed E-state index contributed by atoms with van der Waals surface area (Å²) in [5.74, 6) is 1.94. The number of carbonyl (C=O) groups excluding carboxylic acids is 1. The van der Waals surface area contributed by atoms with E-state index in [1.165, 1.54) is 18.5 Å². The first kappa shape index (κ1) is 9.87. The molecule has 0 saturated heterocycles. The van der Waals surface area contributed by atoms with Crippen LogP contribution in [0.15, 0.2) is 6.07 Å². The summed E-state index contributed by atoms with van der Waals surface area (Å²) in [7, 11) is 1.86. The highest BCUT2D eigenvalue weighted by atomic mass is 16.2. The van der Waals surface area contributed by atoms with Crippen LogP contribution in [-0.2, 0) is 11.3 Å². The molecule has 1 saturated carbocycles. The van der Waals surface area contributed by atoms with Gasteiger partial charge in [0.1, 0.15) is 5.82 Å². The fourth-order valence-corrected chi connectivity index (χ4v) is 2.32. The Balaban J connectivity index is 1.98. The fourth-order valence-electron chi connectivity index (χ4n) is 2.32. The zero-order chi connectivity index (χ0) is 11.3. The van der Waals surface area contributed by atoms with Crippen molar-refractivity contribution in [3.8, 4) is 0 Å². The Labute approximate surface area is 95.2 Å². The van der Waals surface area contributed by atoms with Crippen LogP contribution in [0.2, 0.25) is 0 Å². The van der Waals surface area contributed by atoms with Crippen molar-refractivity contribution in [2.45, 2.75) is 38.6 Å². The molecule has 1 aromatic rings.